The predicted octanol–water partition coefficient (Wildman–Crippen LogP) is 3.67. The second-order valence-electron chi connectivity index (χ2n) is 4.54. The molecule has 0 aliphatic carbocycles. The molecule has 0 radical (unpaired) electrons. The zero-order valence-corrected chi connectivity index (χ0v) is 13.1. The highest BCUT2D eigenvalue weighted by Crippen LogP contribution is 2.25. The Hall–Kier alpha value is -2.49. The molecule has 0 aliphatic rings. The average molecular weight is 325 g/mol. The highest BCUT2D eigenvalue weighted by atomic mass is 32.1. The van der Waals surface area contributed by atoms with Crippen molar-refractivity contribution in [2.75, 3.05) is 0 Å². The standard InChI is InChI=1S/C16H11N3OS2/c17-7-11-2-1-3-12(6-11)8-18-15(20)14-10-22-16(19-14)13-4-5-21-9-13/h1-6,9-10H,8H2,(H,18,20). The normalized spacial score (nSPS) is 10.1. The third kappa shape index (κ3) is 3.22. The van der Waals surface area contributed by atoms with E-state index in [1.807, 2.05) is 22.9 Å². The Balaban J connectivity index is 1.66. The number of amides is 1. The van der Waals surface area contributed by atoms with Crippen molar-refractivity contribution in [2.45, 2.75) is 6.54 Å². The molecule has 6 heteroatoms. The molecule has 2 heterocycles. The number of carbonyl (C=O) groups excluding carboxylic acids is 1. The lowest BCUT2D eigenvalue weighted by Crippen LogP contribution is -2.23. The number of carbonyl (C=O) groups is 1. The first-order valence-corrected chi connectivity index (χ1v) is 8.34. The molecule has 2 aromatic heterocycles. The Bertz CT molecular complexity index is 831. The molecule has 0 unspecified atom stereocenters. The summed E-state index contributed by atoms with van der Waals surface area (Å²) in [5.41, 5.74) is 2.93. The first-order chi connectivity index (χ1) is 10.8. The molecule has 0 aliphatic heterocycles. The first kappa shape index (κ1) is 14.4. The Morgan fingerprint density at radius 3 is 3.00 bits per heavy atom. The van der Waals surface area contributed by atoms with Gasteiger partial charge in [-0.05, 0) is 29.1 Å². The van der Waals surface area contributed by atoms with Crippen molar-refractivity contribution < 1.29 is 4.79 Å². The fraction of sp³-hybridized carbons (Fsp3) is 0.0625. The molecule has 0 spiro atoms. The maximum Gasteiger partial charge on any atom is 0.271 e. The van der Waals surface area contributed by atoms with E-state index in [-0.39, 0.29) is 5.91 Å². The van der Waals surface area contributed by atoms with Gasteiger partial charge in [0.25, 0.3) is 5.91 Å². The topological polar surface area (TPSA) is 65.8 Å². The number of aromatic nitrogens is 1. The lowest BCUT2D eigenvalue weighted by molar-refractivity contribution is 0.0946. The maximum atomic E-state index is 12.1. The number of hydrogen-bond acceptors (Lipinski definition) is 5. The van der Waals surface area contributed by atoms with E-state index in [1.54, 1.807) is 34.9 Å². The zero-order valence-electron chi connectivity index (χ0n) is 11.4. The molecule has 0 bridgehead atoms. The first-order valence-electron chi connectivity index (χ1n) is 6.51. The van der Waals surface area contributed by atoms with Gasteiger partial charge in [-0.1, -0.05) is 12.1 Å². The minimum Gasteiger partial charge on any atom is -0.347 e. The van der Waals surface area contributed by atoms with Crippen LogP contribution in [0.2, 0.25) is 0 Å². The van der Waals surface area contributed by atoms with Crippen LogP contribution in [-0.2, 0) is 6.54 Å². The van der Waals surface area contributed by atoms with Crippen LogP contribution in [0.1, 0.15) is 21.6 Å². The summed E-state index contributed by atoms with van der Waals surface area (Å²) in [5.74, 6) is -0.208. The molecule has 4 nitrogen and oxygen atoms in total. The summed E-state index contributed by atoms with van der Waals surface area (Å²) >= 11 is 3.06. The second kappa shape index (κ2) is 6.52. The minimum atomic E-state index is -0.208. The Morgan fingerprint density at radius 1 is 1.32 bits per heavy atom. The lowest BCUT2D eigenvalue weighted by atomic mass is 10.1. The van der Waals surface area contributed by atoms with E-state index in [0.29, 0.717) is 17.8 Å². The summed E-state index contributed by atoms with van der Waals surface area (Å²) in [5, 5.41) is 18.3. The molecule has 0 atom stereocenters. The monoisotopic (exact) mass is 325 g/mol. The van der Waals surface area contributed by atoms with E-state index in [1.165, 1.54) is 11.3 Å². The molecule has 0 saturated heterocycles. The van der Waals surface area contributed by atoms with Gasteiger partial charge >= 0.3 is 0 Å². The lowest BCUT2D eigenvalue weighted by Gasteiger charge is -2.03. The number of rotatable bonds is 4. The molecular formula is C16H11N3OS2. The Kier molecular flexibility index (Phi) is 4.28. The van der Waals surface area contributed by atoms with E-state index < -0.39 is 0 Å². The zero-order chi connectivity index (χ0) is 15.4. The summed E-state index contributed by atoms with van der Waals surface area (Å²) < 4.78 is 0. The van der Waals surface area contributed by atoms with Crippen molar-refractivity contribution in [3.8, 4) is 16.6 Å². The van der Waals surface area contributed by atoms with Crippen molar-refractivity contribution >= 4 is 28.6 Å². The SMILES string of the molecule is N#Cc1cccc(CNC(=O)c2csc(-c3ccsc3)n2)c1. The van der Waals surface area contributed by atoms with Gasteiger partial charge in [-0.15, -0.1) is 11.3 Å². The van der Waals surface area contributed by atoms with Crippen LogP contribution in [0.15, 0.2) is 46.5 Å². The number of thiazole rings is 1. The van der Waals surface area contributed by atoms with Crippen LogP contribution >= 0.6 is 22.7 Å². The largest absolute Gasteiger partial charge is 0.347 e. The van der Waals surface area contributed by atoms with Crippen molar-refractivity contribution in [2.24, 2.45) is 0 Å². The van der Waals surface area contributed by atoms with Gasteiger partial charge in [-0.3, -0.25) is 4.79 Å². The van der Waals surface area contributed by atoms with Crippen LogP contribution in [0, 0.1) is 11.3 Å². The van der Waals surface area contributed by atoms with E-state index in [0.717, 1.165) is 16.1 Å². The van der Waals surface area contributed by atoms with Gasteiger partial charge in [0.1, 0.15) is 10.7 Å². The van der Waals surface area contributed by atoms with Crippen LogP contribution in [0.4, 0.5) is 0 Å². The average Bonchev–Trinajstić information content (AvgIpc) is 3.23. The van der Waals surface area contributed by atoms with E-state index in [4.69, 9.17) is 5.26 Å². The number of benzene rings is 1. The van der Waals surface area contributed by atoms with Gasteiger partial charge in [0.05, 0.1) is 11.6 Å². The van der Waals surface area contributed by atoms with Gasteiger partial charge in [-0.2, -0.15) is 16.6 Å². The summed E-state index contributed by atoms with van der Waals surface area (Å²) in [6.45, 7) is 0.375. The molecule has 1 amide bonds. The van der Waals surface area contributed by atoms with Crippen LogP contribution < -0.4 is 5.32 Å². The minimum absolute atomic E-state index is 0.208. The van der Waals surface area contributed by atoms with Crippen molar-refractivity contribution in [1.82, 2.24) is 10.3 Å². The van der Waals surface area contributed by atoms with Crippen LogP contribution in [0.5, 0.6) is 0 Å². The molecule has 1 N–H and O–H groups in total. The highest BCUT2D eigenvalue weighted by Gasteiger charge is 2.11. The maximum absolute atomic E-state index is 12.1. The number of nitrogens with one attached hydrogen (secondary N) is 1. The van der Waals surface area contributed by atoms with E-state index >= 15 is 0 Å². The molecule has 3 aromatic rings. The van der Waals surface area contributed by atoms with Gasteiger partial charge in [-0.25, -0.2) is 4.98 Å². The smallest absolute Gasteiger partial charge is 0.271 e. The molecule has 108 valence electrons. The summed E-state index contributed by atoms with van der Waals surface area (Å²) in [6.07, 6.45) is 0. The third-order valence-corrected chi connectivity index (χ3v) is 4.59. The van der Waals surface area contributed by atoms with Gasteiger partial charge in [0.2, 0.25) is 0 Å². The van der Waals surface area contributed by atoms with Crippen molar-refractivity contribution in [1.29, 1.82) is 5.26 Å². The number of hydrogen-bond donors (Lipinski definition) is 1. The fourth-order valence-corrected chi connectivity index (χ4v) is 3.43. The second-order valence-corrected chi connectivity index (χ2v) is 6.18. The quantitative estimate of drug-likeness (QED) is 0.796. The Labute approximate surface area is 135 Å². The highest BCUT2D eigenvalue weighted by molar-refractivity contribution is 7.14. The van der Waals surface area contributed by atoms with E-state index in [9.17, 15) is 4.79 Å². The summed E-state index contributed by atoms with van der Waals surface area (Å²) in [6, 6.07) is 11.2. The van der Waals surface area contributed by atoms with Gasteiger partial charge < -0.3 is 5.32 Å². The van der Waals surface area contributed by atoms with Crippen LogP contribution in [0.25, 0.3) is 10.6 Å². The number of nitriles is 1. The van der Waals surface area contributed by atoms with Crippen molar-refractivity contribution in [3.63, 3.8) is 0 Å². The molecule has 0 fully saturated rings. The van der Waals surface area contributed by atoms with Crippen LogP contribution in [0.3, 0.4) is 0 Å². The predicted molar refractivity (Wildman–Crippen MR) is 87.8 cm³/mol. The number of thiophene rings is 1. The molecule has 0 saturated carbocycles. The fourth-order valence-electron chi connectivity index (χ4n) is 1.92. The molecule has 1 aromatic carbocycles. The Morgan fingerprint density at radius 2 is 2.23 bits per heavy atom. The summed E-state index contributed by atoms with van der Waals surface area (Å²) in [7, 11) is 0. The van der Waals surface area contributed by atoms with Gasteiger partial charge in [0, 0.05) is 22.9 Å². The van der Waals surface area contributed by atoms with E-state index in [2.05, 4.69) is 16.4 Å². The van der Waals surface area contributed by atoms with Crippen LogP contribution in [-0.4, -0.2) is 10.9 Å². The third-order valence-electron chi connectivity index (χ3n) is 3.01. The van der Waals surface area contributed by atoms with Crippen molar-refractivity contribution in [3.05, 3.63) is 63.3 Å². The summed E-state index contributed by atoms with van der Waals surface area (Å²) in [4.78, 5) is 16.5. The van der Waals surface area contributed by atoms with Gasteiger partial charge in [0.15, 0.2) is 0 Å². The molecular weight excluding hydrogens is 314 g/mol. The molecule has 22 heavy (non-hydrogen) atoms. The molecule has 3 rings (SSSR count). The number of nitrogens with zero attached hydrogens (tertiary/aromatic N) is 2.